The first-order valence-electron chi connectivity index (χ1n) is 6.53. The summed E-state index contributed by atoms with van der Waals surface area (Å²) in [7, 11) is 0. The third kappa shape index (κ3) is 2.09. The zero-order chi connectivity index (χ0) is 14.3. The Morgan fingerprint density at radius 3 is 2.65 bits per heavy atom. The van der Waals surface area contributed by atoms with E-state index in [1.54, 1.807) is 0 Å². The Bertz CT molecular complexity index is 791. The zero-order valence-corrected chi connectivity index (χ0v) is 12.8. The Hall–Kier alpha value is -1.51. The van der Waals surface area contributed by atoms with Crippen LogP contribution in [0.15, 0.2) is 36.4 Å². The van der Waals surface area contributed by atoms with Crippen LogP contribution in [0.2, 0.25) is 10.3 Å². The third-order valence-corrected chi connectivity index (χ3v) is 4.17. The Kier molecular flexibility index (Phi) is 3.45. The number of imidazole rings is 1. The first-order valence-corrected chi connectivity index (χ1v) is 7.28. The number of hydrogen-bond donors (Lipinski definition) is 0. The normalized spacial score (nSPS) is 11.2. The van der Waals surface area contributed by atoms with Crippen molar-refractivity contribution < 1.29 is 0 Å². The maximum Gasteiger partial charge on any atom is 0.166 e. The van der Waals surface area contributed by atoms with Crippen molar-refractivity contribution >= 4 is 34.0 Å². The number of halogens is 2. The van der Waals surface area contributed by atoms with E-state index in [0.29, 0.717) is 10.3 Å². The molecule has 3 rings (SSSR count). The summed E-state index contributed by atoms with van der Waals surface area (Å²) in [5, 5.41) is 3.20. The van der Waals surface area contributed by atoms with E-state index in [1.165, 1.54) is 10.9 Å². The highest BCUT2D eigenvalue weighted by Gasteiger charge is 2.16. The van der Waals surface area contributed by atoms with Gasteiger partial charge in [-0.2, -0.15) is 0 Å². The fourth-order valence-electron chi connectivity index (χ4n) is 2.54. The van der Waals surface area contributed by atoms with E-state index in [2.05, 4.69) is 36.2 Å². The number of hydrogen-bond acceptors (Lipinski definition) is 1. The van der Waals surface area contributed by atoms with Gasteiger partial charge in [-0.25, -0.2) is 4.98 Å². The average Bonchev–Trinajstić information content (AvgIpc) is 2.73. The molecular formula is C16H14Cl2N2. The van der Waals surface area contributed by atoms with Crippen LogP contribution in [0.1, 0.15) is 12.5 Å². The van der Waals surface area contributed by atoms with Gasteiger partial charge in [0.15, 0.2) is 5.15 Å². The molecule has 0 saturated carbocycles. The van der Waals surface area contributed by atoms with Gasteiger partial charge in [-0.3, -0.25) is 0 Å². The van der Waals surface area contributed by atoms with Crippen LogP contribution < -0.4 is 0 Å². The van der Waals surface area contributed by atoms with Gasteiger partial charge in [-0.05, 0) is 36.2 Å². The number of nitrogens with zero attached hydrogens (tertiary/aromatic N) is 2. The highest BCUT2D eigenvalue weighted by Crippen LogP contribution is 2.34. The van der Waals surface area contributed by atoms with Gasteiger partial charge < -0.3 is 4.57 Å². The lowest BCUT2D eigenvalue weighted by Crippen LogP contribution is -1.98. The summed E-state index contributed by atoms with van der Waals surface area (Å²) in [6.07, 6.45) is 0. The highest BCUT2D eigenvalue weighted by molar-refractivity contribution is 6.40. The molecule has 2 nitrogen and oxygen atoms in total. The van der Waals surface area contributed by atoms with Crippen LogP contribution in [-0.2, 0) is 6.54 Å². The molecule has 4 heteroatoms. The lowest BCUT2D eigenvalue weighted by Gasteiger charge is -2.10. The van der Waals surface area contributed by atoms with Crippen molar-refractivity contribution in [3.05, 3.63) is 52.3 Å². The predicted octanol–water partition coefficient (Wildman–Crippen LogP) is 5.34. The second-order valence-corrected chi connectivity index (χ2v) is 5.51. The fourth-order valence-corrected chi connectivity index (χ4v) is 2.97. The van der Waals surface area contributed by atoms with Crippen molar-refractivity contribution in [2.24, 2.45) is 0 Å². The van der Waals surface area contributed by atoms with E-state index in [9.17, 15) is 0 Å². The van der Waals surface area contributed by atoms with Crippen molar-refractivity contribution in [1.29, 1.82) is 0 Å². The predicted molar refractivity (Wildman–Crippen MR) is 85.6 cm³/mol. The van der Waals surface area contributed by atoms with E-state index in [0.717, 1.165) is 23.3 Å². The van der Waals surface area contributed by atoms with Gasteiger partial charge in [0, 0.05) is 12.1 Å². The first kappa shape index (κ1) is 13.5. The Balaban J connectivity index is 2.37. The summed E-state index contributed by atoms with van der Waals surface area (Å²) in [6.45, 7) is 4.85. The molecule has 20 heavy (non-hydrogen) atoms. The summed E-state index contributed by atoms with van der Waals surface area (Å²) >= 11 is 12.3. The van der Waals surface area contributed by atoms with Gasteiger partial charge in [0.25, 0.3) is 0 Å². The van der Waals surface area contributed by atoms with E-state index in [-0.39, 0.29) is 0 Å². The standard InChI is InChI=1S/C16H14Cl2N2/c1-3-20-15(18)14(17)19-16(20)13-9-10(2)8-11-6-4-5-7-12(11)13/h4-9H,3H2,1-2H3. The van der Waals surface area contributed by atoms with Crippen LogP contribution in [0.25, 0.3) is 22.2 Å². The average molecular weight is 305 g/mol. The molecule has 0 radical (unpaired) electrons. The van der Waals surface area contributed by atoms with Crippen molar-refractivity contribution in [2.45, 2.75) is 20.4 Å². The minimum absolute atomic E-state index is 0.356. The molecule has 102 valence electrons. The molecule has 0 saturated heterocycles. The molecule has 1 aromatic heterocycles. The molecule has 0 aliphatic heterocycles. The van der Waals surface area contributed by atoms with Crippen LogP contribution >= 0.6 is 23.2 Å². The van der Waals surface area contributed by atoms with E-state index < -0.39 is 0 Å². The molecule has 3 aromatic rings. The molecule has 0 spiro atoms. The van der Waals surface area contributed by atoms with Crippen LogP contribution in [0.5, 0.6) is 0 Å². The molecule has 0 aliphatic rings. The molecule has 0 unspecified atom stereocenters. The monoisotopic (exact) mass is 304 g/mol. The number of aromatic nitrogens is 2. The van der Waals surface area contributed by atoms with E-state index >= 15 is 0 Å². The Morgan fingerprint density at radius 2 is 1.90 bits per heavy atom. The van der Waals surface area contributed by atoms with Gasteiger partial charge in [-0.15, -0.1) is 0 Å². The first-order chi connectivity index (χ1) is 9.61. The summed E-state index contributed by atoms with van der Waals surface area (Å²) < 4.78 is 1.94. The van der Waals surface area contributed by atoms with Gasteiger partial charge in [0.05, 0.1) is 0 Å². The van der Waals surface area contributed by atoms with Gasteiger partial charge in [-0.1, -0.05) is 53.5 Å². The minimum atomic E-state index is 0.356. The molecule has 0 N–H and O–H groups in total. The Morgan fingerprint density at radius 1 is 1.15 bits per heavy atom. The van der Waals surface area contributed by atoms with Crippen molar-refractivity contribution in [1.82, 2.24) is 9.55 Å². The summed E-state index contributed by atoms with van der Waals surface area (Å²) in [6, 6.07) is 12.6. The molecule has 1 heterocycles. The molecule has 0 aliphatic carbocycles. The molecule has 0 fully saturated rings. The summed E-state index contributed by atoms with van der Waals surface area (Å²) in [5.74, 6) is 0.822. The highest BCUT2D eigenvalue weighted by atomic mass is 35.5. The van der Waals surface area contributed by atoms with Gasteiger partial charge >= 0.3 is 0 Å². The molecule has 0 bridgehead atoms. The van der Waals surface area contributed by atoms with E-state index in [1.807, 2.05) is 23.6 Å². The number of benzene rings is 2. The lowest BCUT2D eigenvalue weighted by molar-refractivity contribution is 0.772. The van der Waals surface area contributed by atoms with Crippen molar-refractivity contribution in [2.75, 3.05) is 0 Å². The molecule has 0 amide bonds. The summed E-state index contributed by atoms with van der Waals surface area (Å²) in [5.41, 5.74) is 2.26. The molecule has 2 aromatic carbocycles. The number of aryl methyl sites for hydroxylation is 1. The van der Waals surface area contributed by atoms with Crippen LogP contribution in [0.3, 0.4) is 0 Å². The second kappa shape index (κ2) is 5.12. The van der Waals surface area contributed by atoms with Gasteiger partial charge in [0.2, 0.25) is 0 Å². The second-order valence-electron chi connectivity index (χ2n) is 4.79. The number of rotatable bonds is 2. The lowest BCUT2D eigenvalue weighted by atomic mass is 10.0. The van der Waals surface area contributed by atoms with Crippen LogP contribution in [-0.4, -0.2) is 9.55 Å². The van der Waals surface area contributed by atoms with E-state index in [4.69, 9.17) is 23.2 Å². The van der Waals surface area contributed by atoms with Crippen molar-refractivity contribution in [3.63, 3.8) is 0 Å². The quantitative estimate of drug-likeness (QED) is 0.625. The topological polar surface area (TPSA) is 17.8 Å². The SMILES string of the molecule is CCn1c(-c2cc(C)cc3ccccc23)nc(Cl)c1Cl. The summed E-state index contributed by atoms with van der Waals surface area (Å²) in [4.78, 5) is 4.44. The number of fused-ring (bicyclic) bond motifs is 1. The largest absolute Gasteiger partial charge is 0.314 e. The molecule has 0 atom stereocenters. The minimum Gasteiger partial charge on any atom is -0.314 e. The van der Waals surface area contributed by atoms with Gasteiger partial charge in [0.1, 0.15) is 11.0 Å². The maximum absolute atomic E-state index is 6.22. The Labute approximate surface area is 128 Å². The zero-order valence-electron chi connectivity index (χ0n) is 11.3. The maximum atomic E-state index is 6.22. The fraction of sp³-hybridized carbons (Fsp3) is 0.188. The van der Waals surface area contributed by atoms with Crippen molar-refractivity contribution in [3.8, 4) is 11.4 Å². The van der Waals surface area contributed by atoms with Crippen LogP contribution in [0, 0.1) is 6.92 Å². The third-order valence-electron chi connectivity index (χ3n) is 3.43. The molecular weight excluding hydrogens is 291 g/mol. The van der Waals surface area contributed by atoms with Crippen LogP contribution in [0.4, 0.5) is 0 Å². The smallest absolute Gasteiger partial charge is 0.166 e.